The van der Waals surface area contributed by atoms with Crippen LogP contribution in [0.3, 0.4) is 0 Å². The highest BCUT2D eigenvalue weighted by Crippen LogP contribution is 2.29. The quantitative estimate of drug-likeness (QED) is 0.290. The van der Waals surface area contributed by atoms with E-state index in [1.165, 1.54) is 0 Å². The number of benzene rings is 2. The van der Waals surface area contributed by atoms with E-state index in [4.69, 9.17) is 14.6 Å². The number of ether oxygens (including phenoxy) is 2. The Morgan fingerprint density at radius 3 is 2.81 bits per heavy atom. The Bertz CT molecular complexity index is 1570. The van der Waals surface area contributed by atoms with Gasteiger partial charge in [-0.25, -0.2) is 0 Å². The van der Waals surface area contributed by atoms with Crippen molar-refractivity contribution in [3.05, 3.63) is 84.3 Å². The molecule has 0 spiro atoms. The van der Waals surface area contributed by atoms with Gasteiger partial charge in [-0.1, -0.05) is 18.2 Å². The Labute approximate surface area is 214 Å². The minimum Gasteiger partial charge on any atom is -0.497 e. The predicted octanol–water partition coefficient (Wildman–Crippen LogP) is 5.39. The molecule has 1 aliphatic heterocycles. The number of Topliss-reactive ketones (excluding diaryl/α,β-unsaturated/α-hetero) is 1. The molecule has 1 atom stereocenters. The number of aromatic nitrogens is 4. The topological polar surface area (TPSA) is 91.2 Å². The van der Waals surface area contributed by atoms with Crippen LogP contribution in [0.2, 0.25) is 0 Å². The number of carbonyl (C=O) groups excluding carboxylic acids is 1. The summed E-state index contributed by atoms with van der Waals surface area (Å²) in [5.41, 5.74) is 4.23. The van der Waals surface area contributed by atoms with E-state index in [1.54, 1.807) is 19.5 Å². The number of rotatable bonds is 8. The second-order valence-corrected chi connectivity index (χ2v) is 9.30. The number of carbonyl (C=O) groups is 1. The van der Waals surface area contributed by atoms with Gasteiger partial charge in [0.2, 0.25) is 0 Å². The minimum atomic E-state index is 0.0641. The third-order valence-corrected chi connectivity index (χ3v) is 6.79. The van der Waals surface area contributed by atoms with Crippen molar-refractivity contribution in [1.82, 2.24) is 19.7 Å². The molecule has 6 rings (SSSR count). The van der Waals surface area contributed by atoms with Crippen LogP contribution in [0.5, 0.6) is 5.75 Å². The number of pyridine rings is 2. The van der Waals surface area contributed by atoms with E-state index in [0.29, 0.717) is 31.1 Å². The van der Waals surface area contributed by atoms with Crippen molar-refractivity contribution in [3.8, 4) is 5.75 Å². The van der Waals surface area contributed by atoms with Crippen LogP contribution in [-0.4, -0.2) is 45.9 Å². The lowest BCUT2D eigenvalue weighted by atomic mass is 9.97. The summed E-state index contributed by atoms with van der Waals surface area (Å²) in [5, 5.41) is 10.1. The summed E-state index contributed by atoms with van der Waals surface area (Å²) in [7, 11) is 1.66. The Morgan fingerprint density at radius 2 is 2.00 bits per heavy atom. The maximum atomic E-state index is 13.0. The first kappa shape index (κ1) is 23.1. The van der Waals surface area contributed by atoms with Crippen molar-refractivity contribution in [3.63, 3.8) is 0 Å². The zero-order chi connectivity index (χ0) is 25.2. The van der Waals surface area contributed by atoms with Gasteiger partial charge in [0.1, 0.15) is 17.0 Å². The molecular weight excluding hydrogens is 466 g/mol. The van der Waals surface area contributed by atoms with Gasteiger partial charge in [0.25, 0.3) is 0 Å². The van der Waals surface area contributed by atoms with Crippen LogP contribution in [0.15, 0.2) is 73.1 Å². The van der Waals surface area contributed by atoms with Crippen molar-refractivity contribution >= 4 is 39.1 Å². The molecule has 0 saturated carbocycles. The summed E-state index contributed by atoms with van der Waals surface area (Å²) in [6.45, 7) is 1.99. The summed E-state index contributed by atoms with van der Waals surface area (Å²) in [6.07, 6.45) is 4.87. The summed E-state index contributed by atoms with van der Waals surface area (Å²) >= 11 is 0. The molecule has 186 valence electrons. The van der Waals surface area contributed by atoms with E-state index in [2.05, 4.69) is 15.3 Å². The Morgan fingerprint density at radius 1 is 1.11 bits per heavy atom. The number of hydrogen-bond donors (Lipinski definition) is 1. The first-order valence-electron chi connectivity index (χ1n) is 12.4. The minimum absolute atomic E-state index is 0.0641. The molecule has 8 nitrogen and oxygen atoms in total. The predicted molar refractivity (Wildman–Crippen MR) is 143 cm³/mol. The maximum absolute atomic E-state index is 13.0. The average molecular weight is 494 g/mol. The molecule has 1 saturated heterocycles. The molecule has 5 aromatic rings. The molecule has 0 bridgehead atoms. The first-order chi connectivity index (χ1) is 18.2. The van der Waals surface area contributed by atoms with Crippen LogP contribution in [-0.2, 0) is 11.3 Å². The number of anilines is 2. The van der Waals surface area contributed by atoms with Gasteiger partial charge < -0.3 is 14.8 Å². The van der Waals surface area contributed by atoms with Crippen molar-refractivity contribution in [2.24, 2.45) is 5.92 Å². The smallest absolute Gasteiger partial charge is 0.182 e. The molecular formula is C29H27N5O3. The normalized spacial score (nSPS) is 15.3. The van der Waals surface area contributed by atoms with Crippen molar-refractivity contribution < 1.29 is 14.3 Å². The summed E-state index contributed by atoms with van der Waals surface area (Å²) in [6, 6.07) is 19.7. The van der Waals surface area contributed by atoms with Gasteiger partial charge in [-0.3, -0.25) is 19.4 Å². The molecule has 1 aliphatic rings. The number of nitrogens with zero attached hydrogens (tertiary/aromatic N) is 4. The van der Waals surface area contributed by atoms with Crippen LogP contribution in [0.25, 0.3) is 21.8 Å². The van der Waals surface area contributed by atoms with Crippen molar-refractivity contribution in [1.29, 1.82) is 0 Å². The third-order valence-electron chi connectivity index (χ3n) is 6.79. The molecule has 2 aromatic carbocycles. The van der Waals surface area contributed by atoms with E-state index >= 15 is 0 Å². The van der Waals surface area contributed by atoms with Gasteiger partial charge in [-0.2, -0.15) is 5.10 Å². The largest absolute Gasteiger partial charge is 0.497 e. The average Bonchev–Trinajstić information content (AvgIpc) is 3.57. The van der Waals surface area contributed by atoms with E-state index in [1.807, 2.05) is 65.3 Å². The summed E-state index contributed by atoms with van der Waals surface area (Å²) in [4.78, 5) is 22.0. The van der Waals surface area contributed by atoms with Gasteiger partial charge in [0.05, 0.1) is 19.2 Å². The lowest BCUT2D eigenvalue weighted by Crippen LogP contribution is -2.10. The van der Waals surface area contributed by atoms with Crippen LogP contribution >= 0.6 is 0 Å². The SMILES string of the molecule is COc1ccc(Cn2nc(Nc3ccc4c(C(=O)CC5CCOC5)nccc4c3)c3ncccc32)cc1. The number of fused-ring (bicyclic) bond motifs is 2. The van der Waals surface area contributed by atoms with Crippen LogP contribution < -0.4 is 10.1 Å². The van der Waals surface area contributed by atoms with Crippen LogP contribution in [0.4, 0.5) is 11.5 Å². The fraction of sp³-hybridized carbons (Fsp3) is 0.241. The van der Waals surface area contributed by atoms with E-state index in [-0.39, 0.29) is 11.7 Å². The number of methoxy groups -OCH3 is 1. The van der Waals surface area contributed by atoms with Gasteiger partial charge in [-0.05, 0) is 65.8 Å². The second-order valence-electron chi connectivity index (χ2n) is 9.30. The molecule has 3 aromatic heterocycles. The Kier molecular flexibility index (Phi) is 6.24. The Balaban J connectivity index is 1.28. The number of ketones is 1. The van der Waals surface area contributed by atoms with Gasteiger partial charge in [0, 0.05) is 43.1 Å². The highest BCUT2D eigenvalue weighted by molar-refractivity contribution is 6.07. The fourth-order valence-corrected chi connectivity index (χ4v) is 4.84. The van der Waals surface area contributed by atoms with E-state index in [0.717, 1.165) is 51.8 Å². The van der Waals surface area contributed by atoms with Gasteiger partial charge in [-0.15, -0.1) is 0 Å². The molecule has 1 unspecified atom stereocenters. The zero-order valence-electron chi connectivity index (χ0n) is 20.6. The molecule has 0 aliphatic carbocycles. The molecule has 1 fully saturated rings. The molecule has 0 amide bonds. The second kappa shape index (κ2) is 9.99. The zero-order valence-corrected chi connectivity index (χ0v) is 20.6. The molecule has 0 radical (unpaired) electrons. The monoisotopic (exact) mass is 493 g/mol. The molecule has 4 heterocycles. The maximum Gasteiger partial charge on any atom is 0.182 e. The van der Waals surface area contributed by atoms with Gasteiger partial charge in [0.15, 0.2) is 11.6 Å². The highest BCUT2D eigenvalue weighted by atomic mass is 16.5. The number of hydrogen-bond acceptors (Lipinski definition) is 7. The molecule has 37 heavy (non-hydrogen) atoms. The lowest BCUT2D eigenvalue weighted by molar-refractivity contribution is 0.0949. The summed E-state index contributed by atoms with van der Waals surface area (Å²) in [5.74, 6) is 1.84. The lowest BCUT2D eigenvalue weighted by Gasteiger charge is -2.10. The molecule has 1 N–H and O–H groups in total. The highest BCUT2D eigenvalue weighted by Gasteiger charge is 2.22. The van der Waals surface area contributed by atoms with Crippen LogP contribution in [0, 0.1) is 5.92 Å². The Hall–Kier alpha value is -4.30. The standard InChI is InChI=1S/C29H27N5O3/c1-36-23-7-4-19(5-8-23)17-34-25-3-2-12-30-28(25)29(33-34)32-22-6-9-24-21(16-22)10-13-31-27(24)26(35)15-20-11-14-37-18-20/h2-10,12-13,16,20H,11,14-15,17-18H2,1H3,(H,32,33). The van der Waals surface area contributed by atoms with E-state index in [9.17, 15) is 4.79 Å². The van der Waals surface area contributed by atoms with Gasteiger partial charge >= 0.3 is 0 Å². The molecule has 8 heteroatoms. The van der Waals surface area contributed by atoms with Crippen molar-refractivity contribution in [2.45, 2.75) is 19.4 Å². The first-order valence-corrected chi connectivity index (χ1v) is 12.4. The van der Waals surface area contributed by atoms with Crippen LogP contribution in [0.1, 0.15) is 28.9 Å². The van der Waals surface area contributed by atoms with E-state index < -0.39 is 0 Å². The third kappa shape index (κ3) is 4.75. The fourth-order valence-electron chi connectivity index (χ4n) is 4.84. The van der Waals surface area contributed by atoms with Crippen molar-refractivity contribution in [2.75, 3.05) is 25.6 Å². The summed E-state index contributed by atoms with van der Waals surface area (Å²) < 4.78 is 12.6. The number of nitrogens with one attached hydrogen (secondary N) is 1.